The fourth-order valence-corrected chi connectivity index (χ4v) is 1.29. The summed E-state index contributed by atoms with van der Waals surface area (Å²) in [6, 6.07) is 5.80. The molecule has 0 aliphatic carbocycles. The van der Waals surface area contributed by atoms with Crippen LogP contribution in [0.4, 0.5) is 0 Å². The lowest BCUT2D eigenvalue weighted by molar-refractivity contribution is 0.0995. The molecule has 1 heteroatoms. The predicted octanol–water partition coefficient (Wildman–Crippen LogP) is 3.06. The third-order valence-corrected chi connectivity index (χ3v) is 2.23. The van der Waals surface area contributed by atoms with E-state index in [4.69, 9.17) is 0 Å². The topological polar surface area (TPSA) is 17.1 Å². The van der Waals surface area contributed by atoms with Crippen molar-refractivity contribution in [3.63, 3.8) is 0 Å². The first kappa shape index (κ1) is 9.72. The first-order valence-electron chi connectivity index (χ1n) is 4.37. The van der Waals surface area contributed by atoms with Crippen molar-refractivity contribution < 1.29 is 4.79 Å². The van der Waals surface area contributed by atoms with Gasteiger partial charge in [-0.2, -0.15) is 0 Å². The van der Waals surface area contributed by atoms with Crippen LogP contribution in [-0.2, 0) is 0 Å². The molecule has 0 amide bonds. The van der Waals surface area contributed by atoms with E-state index in [0.29, 0.717) is 6.42 Å². The highest BCUT2D eigenvalue weighted by atomic mass is 16.1. The lowest BCUT2D eigenvalue weighted by Gasteiger charge is -2.05. The van der Waals surface area contributed by atoms with Crippen molar-refractivity contribution in [3.8, 4) is 0 Å². The Hall–Kier alpha value is -1.37. The zero-order valence-electron chi connectivity index (χ0n) is 8.13. The molecular weight excluding hydrogens is 160 g/mol. The Morgan fingerprint density at radius 3 is 2.77 bits per heavy atom. The minimum absolute atomic E-state index is 0.149. The van der Waals surface area contributed by atoms with E-state index in [0.717, 1.165) is 16.7 Å². The number of benzene rings is 1. The van der Waals surface area contributed by atoms with Gasteiger partial charge in [-0.15, -0.1) is 6.58 Å². The lowest BCUT2D eigenvalue weighted by Crippen LogP contribution is -2.01. The van der Waals surface area contributed by atoms with E-state index < -0.39 is 0 Å². The molecule has 0 saturated carbocycles. The SMILES string of the molecule is C=CCC(=O)c1cccc(C)c1C. The molecule has 1 aromatic carbocycles. The zero-order chi connectivity index (χ0) is 9.84. The van der Waals surface area contributed by atoms with Crippen LogP contribution in [0.1, 0.15) is 27.9 Å². The zero-order valence-corrected chi connectivity index (χ0v) is 8.13. The normalized spacial score (nSPS) is 9.69. The molecule has 0 spiro atoms. The maximum atomic E-state index is 11.5. The Kier molecular flexibility index (Phi) is 3.02. The molecule has 1 aromatic rings. The standard InChI is InChI=1S/C12H14O/c1-4-6-12(13)11-8-5-7-9(2)10(11)3/h4-5,7-8H,1,6H2,2-3H3. The maximum absolute atomic E-state index is 11.5. The molecule has 0 bridgehead atoms. The van der Waals surface area contributed by atoms with Gasteiger partial charge in [0.2, 0.25) is 0 Å². The first-order chi connectivity index (χ1) is 6.16. The summed E-state index contributed by atoms with van der Waals surface area (Å²) in [5.74, 6) is 0.149. The summed E-state index contributed by atoms with van der Waals surface area (Å²) in [5.41, 5.74) is 3.06. The molecule has 1 rings (SSSR count). The quantitative estimate of drug-likeness (QED) is 0.508. The molecule has 0 saturated heterocycles. The van der Waals surface area contributed by atoms with E-state index >= 15 is 0 Å². The Bertz CT molecular complexity index is 337. The highest BCUT2D eigenvalue weighted by molar-refractivity contribution is 5.98. The van der Waals surface area contributed by atoms with Gasteiger partial charge in [-0.05, 0) is 25.0 Å². The molecule has 0 heterocycles. The van der Waals surface area contributed by atoms with E-state index in [1.165, 1.54) is 0 Å². The first-order valence-corrected chi connectivity index (χ1v) is 4.37. The van der Waals surface area contributed by atoms with Gasteiger partial charge in [0, 0.05) is 12.0 Å². The van der Waals surface area contributed by atoms with Gasteiger partial charge < -0.3 is 0 Å². The molecular formula is C12H14O. The molecule has 13 heavy (non-hydrogen) atoms. The van der Waals surface area contributed by atoms with Crippen LogP contribution in [0.3, 0.4) is 0 Å². The van der Waals surface area contributed by atoms with E-state index in [2.05, 4.69) is 6.58 Å². The molecule has 1 nitrogen and oxygen atoms in total. The van der Waals surface area contributed by atoms with Crippen molar-refractivity contribution in [3.05, 3.63) is 47.5 Å². The number of ketones is 1. The smallest absolute Gasteiger partial charge is 0.166 e. The summed E-state index contributed by atoms with van der Waals surface area (Å²) in [6.07, 6.45) is 2.06. The van der Waals surface area contributed by atoms with E-state index in [9.17, 15) is 4.79 Å². The van der Waals surface area contributed by atoms with Crippen molar-refractivity contribution in [1.29, 1.82) is 0 Å². The number of hydrogen-bond donors (Lipinski definition) is 0. The highest BCUT2D eigenvalue weighted by Crippen LogP contribution is 2.14. The van der Waals surface area contributed by atoms with Crippen LogP contribution < -0.4 is 0 Å². The number of aryl methyl sites for hydroxylation is 1. The van der Waals surface area contributed by atoms with Gasteiger partial charge in [0.25, 0.3) is 0 Å². The van der Waals surface area contributed by atoms with E-state index in [1.54, 1.807) is 6.08 Å². The van der Waals surface area contributed by atoms with Gasteiger partial charge in [0.15, 0.2) is 5.78 Å². The second-order valence-corrected chi connectivity index (χ2v) is 3.16. The molecule has 68 valence electrons. The molecule has 0 fully saturated rings. The second-order valence-electron chi connectivity index (χ2n) is 3.16. The fraction of sp³-hybridized carbons (Fsp3) is 0.250. The highest BCUT2D eigenvalue weighted by Gasteiger charge is 2.07. The van der Waals surface area contributed by atoms with Crippen LogP contribution >= 0.6 is 0 Å². The second kappa shape index (κ2) is 4.04. The monoisotopic (exact) mass is 174 g/mol. The molecule has 0 aliphatic rings. The van der Waals surface area contributed by atoms with Crippen LogP contribution in [0.15, 0.2) is 30.9 Å². The van der Waals surface area contributed by atoms with E-state index in [1.807, 2.05) is 32.0 Å². The average Bonchev–Trinajstić information content (AvgIpc) is 2.10. The average molecular weight is 174 g/mol. The summed E-state index contributed by atoms with van der Waals surface area (Å²) in [7, 11) is 0. The predicted molar refractivity (Wildman–Crippen MR) is 55.1 cm³/mol. The molecule has 0 radical (unpaired) electrons. The molecule has 0 atom stereocenters. The van der Waals surface area contributed by atoms with Crippen molar-refractivity contribution in [1.82, 2.24) is 0 Å². The maximum Gasteiger partial charge on any atom is 0.166 e. The summed E-state index contributed by atoms with van der Waals surface area (Å²) in [5, 5.41) is 0. The number of carbonyl (C=O) groups is 1. The number of Topliss-reactive ketones (excluding diaryl/α,β-unsaturated/α-hetero) is 1. The lowest BCUT2D eigenvalue weighted by atomic mass is 9.99. The van der Waals surface area contributed by atoms with Gasteiger partial charge in [-0.25, -0.2) is 0 Å². The van der Waals surface area contributed by atoms with E-state index in [-0.39, 0.29) is 5.78 Å². The van der Waals surface area contributed by atoms with Crippen LogP contribution in [0.25, 0.3) is 0 Å². The third-order valence-electron chi connectivity index (χ3n) is 2.23. The molecule has 0 N–H and O–H groups in total. The molecule has 0 aromatic heterocycles. The molecule has 0 unspecified atom stereocenters. The van der Waals surface area contributed by atoms with Gasteiger partial charge in [-0.1, -0.05) is 24.3 Å². The van der Waals surface area contributed by atoms with Gasteiger partial charge in [0.05, 0.1) is 0 Å². The van der Waals surface area contributed by atoms with Crippen molar-refractivity contribution in [2.45, 2.75) is 20.3 Å². The Morgan fingerprint density at radius 1 is 1.46 bits per heavy atom. The Labute approximate surface area is 79.1 Å². The van der Waals surface area contributed by atoms with Crippen LogP contribution in [0, 0.1) is 13.8 Å². The largest absolute Gasteiger partial charge is 0.294 e. The number of allylic oxidation sites excluding steroid dienone is 1. The van der Waals surface area contributed by atoms with Crippen LogP contribution in [0.2, 0.25) is 0 Å². The third kappa shape index (κ3) is 2.05. The minimum Gasteiger partial charge on any atom is -0.294 e. The van der Waals surface area contributed by atoms with Gasteiger partial charge >= 0.3 is 0 Å². The fourth-order valence-electron chi connectivity index (χ4n) is 1.29. The summed E-state index contributed by atoms with van der Waals surface area (Å²) in [4.78, 5) is 11.5. The van der Waals surface area contributed by atoms with Gasteiger partial charge in [-0.3, -0.25) is 4.79 Å². The van der Waals surface area contributed by atoms with Crippen LogP contribution in [-0.4, -0.2) is 5.78 Å². The minimum atomic E-state index is 0.149. The van der Waals surface area contributed by atoms with Crippen LogP contribution in [0.5, 0.6) is 0 Å². The Morgan fingerprint density at radius 2 is 2.15 bits per heavy atom. The van der Waals surface area contributed by atoms with Crippen molar-refractivity contribution in [2.75, 3.05) is 0 Å². The Balaban J connectivity index is 3.07. The number of rotatable bonds is 3. The van der Waals surface area contributed by atoms with Crippen molar-refractivity contribution >= 4 is 5.78 Å². The van der Waals surface area contributed by atoms with Gasteiger partial charge in [0.1, 0.15) is 0 Å². The molecule has 0 aliphatic heterocycles. The summed E-state index contributed by atoms with van der Waals surface area (Å²) < 4.78 is 0. The summed E-state index contributed by atoms with van der Waals surface area (Å²) >= 11 is 0. The van der Waals surface area contributed by atoms with Crippen molar-refractivity contribution in [2.24, 2.45) is 0 Å². The summed E-state index contributed by atoms with van der Waals surface area (Å²) in [6.45, 7) is 7.55. The number of hydrogen-bond acceptors (Lipinski definition) is 1. The number of carbonyl (C=O) groups excluding carboxylic acids is 1.